The molecule has 0 saturated carbocycles. The minimum atomic E-state index is -1.04. The van der Waals surface area contributed by atoms with E-state index in [0.717, 1.165) is 11.3 Å². The highest BCUT2D eigenvalue weighted by Crippen LogP contribution is 2.27. The van der Waals surface area contributed by atoms with Crippen LogP contribution in [0.5, 0.6) is 11.5 Å². The molecule has 0 aliphatic heterocycles. The second-order valence-corrected chi connectivity index (χ2v) is 3.86. The van der Waals surface area contributed by atoms with Gasteiger partial charge in [0, 0.05) is 0 Å². The second-order valence-electron chi connectivity index (χ2n) is 3.86. The lowest BCUT2D eigenvalue weighted by Crippen LogP contribution is -1.94. The molecule has 0 bridgehead atoms. The zero-order valence-electron chi connectivity index (χ0n) is 10.5. The summed E-state index contributed by atoms with van der Waals surface area (Å²) in [5.74, 6) is 0.102. The predicted octanol–water partition coefficient (Wildman–Crippen LogP) is 4.20. The van der Waals surface area contributed by atoms with Crippen molar-refractivity contribution in [2.75, 3.05) is 13.5 Å². The molecular formula is C15H14F2O2. The predicted molar refractivity (Wildman–Crippen MR) is 69.6 cm³/mol. The van der Waals surface area contributed by atoms with Gasteiger partial charge in [-0.25, -0.2) is 8.78 Å². The van der Waals surface area contributed by atoms with Crippen LogP contribution < -0.4 is 9.47 Å². The van der Waals surface area contributed by atoms with Crippen LogP contribution in [0.2, 0.25) is 0 Å². The molecule has 0 aliphatic rings. The van der Waals surface area contributed by atoms with E-state index in [0.29, 0.717) is 12.2 Å². The summed E-state index contributed by atoms with van der Waals surface area (Å²) in [6, 6.07) is 11.8. The van der Waals surface area contributed by atoms with Gasteiger partial charge < -0.3 is 9.47 Å². The smallest absolute Gasteiger partial charge is 0.228 e. The van der Waals surface area contributed by atoms with E-state index in [2.05, 4.69) is 4.74 Å². The normalized spacial score (nSPS) is 10.3. The molecule has 0 amide bonds. The molecule has 0 unspecified atom stereocenters. The third-order valence-corrected chi connectivity index (χ3v) is 2.64. The Bertz CT molecular complexity index is 538. The van der Waals surface area contributed by atoms with Crippen LogP contribution in [0.4, 0.5) is 8.78 Å². The molecule has 100 valence electrons. The van der Waals surface area contributed by atoms with Crippen LogP contribution in [0.3, 0.4) is 0 Å². The van der Waals surface area contributed by atoms with E-state index in [1.54, 1.807) is 6.07 Å². The number of rotatable bonds is 5. The summed E-state index contributed by atoms with van der Waals surface area (Å²) >= 11 is 0. The van der Waals surface area contributed by atoms with Gasteiger partial charge in [0.2, 0.25) is 6.86 Å². The Morgan fingerprint density at radius 3 is 2.21 bits per heavy atom. The highest BCUT2D eigenvalue weighted by atomic mass is 19.1. The third-order valence-electron chi connectivity index (χ3n) is 2.64. The number of alkyl halides is 1. The van der Waals surface area contributed by atoms with Gasteiger partial charge in [-0.3, -0.25) is 0 Å². The lowest BCUT2D eigenvalue weighted by Gasteiger charge is -2.07. The quantitative estimate of drug-likeness (QED) is 0.805. The fourth-order valence-corrected chi connectivity index (χ4v) is 1.77. The van der Waals surface area contributed by atoms with Gasteiger partial charge in [-0.1, -0.05) is 18.2 Å². The molecule has 0 fully saturated rings. The fraction of sp³-hybridized carbons (Fsp3) is 0.200. The van der Waals surface area contributed by atoms with E-state index in [1.165, 1.54) is 12.1 Å². The molecule has 2 rings (SSSR count). The van der Waals surface area contributed by atoms with Crippen molar-refractivity contribution >= 4 is 0 Å². The number of ether oxygens (including phenoxy) is 2. The van der Waals surface area contributed by atoms with E-state index < -0.39 is 12.7 Å². The Labute approximate surface area is 110 Å². The Morgan fingerprint density at radius 2 is 1.63 bits per heavy atom. The van der Waals surface area contributed by atoms with Crippen LogP contribution in [0.1, 0.15) is 6.92 Å². The first kappa shape index (κ1) is 13.3. The number of hydrogen-bond donors (Lipinski definition) is 0. The van der Waals surface area contributed by atoms with Crippen molar-refractivity contribution in [2.24, 2.45) is 0 Å². The van der Waals surface area contributed by atoms with E-state index >= 15 is 0 Å². The van der Waals surface area contributed by atoms with E-state index in [-0.39, 0.29) is 5.75 Å². The summed E-state index contributed by atoms with van der Waals surface area (Å²) < 4.78 is 35.5. The number of benzene rings is 2. The van der Waals surface area contributed by atoms with E-state index in [9.17, 15) is 8.78 Å². The molecule has 19 heavy (non-hydrogen) atoms. The van der Waals surface area contributed by atoms with Gasteiger partial charge in [-0.05, 0) is 42.3 Å². The van der Waals surface area contributed by atoms with Crippen LogP contribution in [-0.2, 0) is 0 Å². The van der Waals surface area contributed by atoms with Crippen molar-refractivity contribution in [3.05, 3.63) is 48.3 Å². The monoisotopic (exact) mass is 264 g/mol. The summed E-state index contributed by atoms with van der Waals surface area (Å²) in [7, 11) is 0. The van der Waals surface area contributed by atoms with Crippen molar-refractivity contribution in [1.82, 2.24) is 0 Å². The zero-order chi connectivity index (χ0) is 13.7. The molecule has 0 N–H and O–H groups in total. The summed E-state index contributed by atoms with van der Waals surface area (Å²) in [6.07, 6.45) is 0. The minimum Gasteiger partial charge on any atom is -0.494 e. The summed E-state index contributed by atoms with van der Waals surface area (Å²) in [5, 5.41) is 0. The van der Waals surface area contributed by atoms with Gasteiger partial charge in [0.05, 0.1) is 6.61 Å². The molecule has 4 heteroatoms. The number of hydrogen-bond acceptors (Lipinski definition) is 2. The standard InChI is InChI=1S/C15H14F2O2/c1-2-18-13-6-3-11(4-7-13)12-5-8-15(19-10-16)14(17)9-12/h3-9H,2,10H2,1H3. The molecule has 0 heterocycles. The molecule has 2 aromatic carbocycles. The summed E-state index contributed by atoms with van der Waals surface area (Å²) in [4.78, 5) is 0. The van der Waals surface area contributed by atoms with Crippen molar-refractivity contribution in [3.63, 3.8) is 0 Å². The van der Waals surface area contributed by atoms with Gasteiger partial charge >= 0.3 is 0 Å². The van der Waals surface area contributed by atoms with Crippen molar-refractivity contribution < 1.29 is 18.3 Å². The van der Waals surface area contributed by atoms with Gasteiger partial charge in [-0.15, -0.1) is 0 Å². The summed E-state index contributed by atoms with van der Waals surface area (Å²) in [6.45, 7) is 1.47. The second kappa shape index (κ2) is 6.18. The van der Waals surface area contributed by atoms with Gasteiger partial charge in [0.15, 0.2) is 11.6 Å². The van der Waals surface area contributed by atoms with Crippen LogP contribution in [0.15, 0.2) is 42.5 Å². The lowest BCUT2D eigenvalue weighted by atomic mass is 10.1. The van der Waals surface area contributed by atoms with E-state index in [4.69, 9.17) is 4.74 Å². The molecule has 0 spiro atoms. The molecule has 2 aromatic rings. The van der Waals surface area contributed by atoms with Crippen molar-refractivity contribution in [3.8, 4) is 22.6 Å². The Morgan fingerprint density at radius 1 is 0.947 bits per heavy atom. The average Bonchev–Trinajstić information content (AvgIpc) is 2.43. The first-order valence-electron chi connectivity index (χ1n) is 5.96. The topological polar surface area (TPSA) is 18.5 Å². The van der Waals surface area contributed by atoms with Crippen LogP contribution >= 0.6 is 0 Å². The summed E-state index contributed by atoms with van der Waals surface area (Å²) in [5.41, 5.74) is 1.56. The van der Waals surface area contributed by atoms with Crippen LogP contribution in [-0.4, -0.2) is 13.5 Å². The van der Waals surface area contributed by atoms with E-state index in [1.807, 2.05) is 31.2 Å². The Balaban J connectivity index is 2.24. The molecule has 0 aliphatic carbocycles. The molecule has 2 nitrogen and oxygen atoms in total. The average molecular weight is 264 g/mol. The van der Waals surface area contributed by atoms with Crippen molar-refractivity contribution in [2.45, 2.75) is 6.92 Å². The van der Waals surface area contributed by atoms with Crippen LogP contribution in [0, 0.1) is 5.82 Å². The maximum Gasteiger partial charge on any atom is 0.228 e. The molecule has 0 saturated heterocycles. The zero-order valence-corrected chi connectivity index (χ0v) is 10.5. The first-order valence-corrected chi connectivity index (χ1v) is 5.96. The molecule has 0 aromatic heterocycles. The van der Waals surface area contributed by atoms with Crippen molar-refractivity contribution in [1.29, 1.82) is 0 Å². The Hall–Kier alpha value is -2.10. The van der Waals surface area contributed by atoms with Gasteiger partial charge in [-0.2, -0.15) is 0 Å². The Kier molecular flexibility index (Phi) is 4.34. The molecule has 0 atom stereocenters. The molecule has 0 radical (unpaired) electrons. The highest BCUT2D eigenvalue weighted by molar-refractivity contribution is 5.65. The SMILES string of the molecule is CCOc1ccc(-c2ccc(OCF)c(F)c2)cc1. The highest BCUT2D eigenvalue weighted by Gasteiger charge is 2.06. The third kappa shape index (κ3) is 3.22. The fourth-order valence-electron chi connectivity index (χ4n) is 1.77. The minimum absolute atomic E-state index is 0.0859. The first-order chi connectivity index (χ1) is 9.24. The van der Waals surface area contributed by atoms with Gasteiger partial charge in [0.25, 0.3) is 0 Å². The van der Waals surface area contributed by atoms with Crippen LogP contribution in [0.25, 0.3) is 11.1 Å². The lowest BCUT2D eigenvalue weighted by molar-refractivity contribution is 0.184. The largest absolute Gasteiger partial charge is 0.494 e. The van der Waals surface area contributed by atoms with Gasteiger partial charge in [0.1, 0.15) is 5.75 Å². The number of halogens is 2. The maximum atomic E-state index is 13.6. The maximum absolute atomic E-state index is 13.6. The molecular weight excluding hydrogens is 250 g/mol.